The summed E-state index contributed by atoms with van der Waals surface area (Å²) in [6.07, 6.45) is -1.58. The van der Waals surface area contributed by atoms with Crippen molar-refractivity contribution >= 4 is 11.8 Å². The summed E-state index contributed by atoms with van der Waals surface area (Å²) in [4.78, 5) is 23.9. The summed E-state index contributed by atoms with van der Waals surface area (Å²) in [6, 6.07) is 5.72. The topological polar surface area (TPSA) is 90.0 Å². The van der Waals surface area contributed by atoms with Crippen LogP contribution in [0, 0.1) is 0 Å². The minimum Gasteiger partial charge on any atom is -0.367 e. The molecule has 1 aromatic heterocycles. The summed E-state index contributed by atoms with van der Waals surface area (Å²) in [7, 11) is 0. The maximum Gasteiger partial charge on any atom is 0.416 e. The highest BCUT2D eigenvalue weighted by atomic mass is 19.4. The zero-order valence-corrected chi connectivity index (χ0v) is 12.7. The number of nitrogens with one attached hydrogen (secondary N) is 1. The monoisotopic (exact) mass is 340 g/mol. The van der Waals surface area contributed by atoms with E-state index in [9.17, 15) is 22.8 Å². The first-order valence-electron chi connectivity index (χ1n) is 6.89. The summed E-state index contributed by atoms with van der Waals surface area (Å²) < 4.78 is 39.9. The predicted octanol–water partition coefficient (Wildman–Crippen LogP) is 1.42. The molecule has 0 aliphatic heterocycles. The molecule has 0 aliphatic carbocycles. The molecule has 128 valence electrons. The Morgan fingerprint density at radius 1 is 1.25 bits per heavy atom. The van der Waals surface area contributed by atoms with Gasteiger partial charge in [-0.3, -0.25) is 14.3 Å². The third kappa shape index (κ3) is 3.73. The highest BCUT2D eigenvalue weighted by Gasteiger charge is 2.38. The number of alkyl halides is 3. The predicted molar refractivity (Wildman–Crippen MR) is 78.4 cm³/mol. The summed E-state index contributed by atoms with van der Waals surface area (Å²) in [5.74, 6) is -1.59. The molecule has 24 heavy (non-hydrogen) atoms. The Hall–Kier alpha value is -2.84. The highest BCUT2D eigenvalue weighted by Crippen LogP contribution is 2.32. The van der Waals surface area contributed by atoms with E-state index in [1.165, 1.54) is 30.1 Å². The number of aromatic nitrogens is 2. The number of nitrogens with zero attached hydrogens (tertiary/aromatic N) is 2. The Morgan fingerprint density at radius 2 is 1.92 bits per heavy atom. The van der Waals surface area contributed by atoms with Gasteiger partial charge in [0.05, 0.1) is 5.56 Å². The molecule has 1 atom stereocenters. The number of hydrogen-bond acceptors (Lipinski definition) is 3. The number of primary amides is 1. The minimum absolute atomic E-state index is 0.0568. The molecule has 0 saturated heterocycles. The highest BCUT2D eigenvalue weighted by molar-refractivity contribution is 5.91. The molecule has 2 rings (SSSR count). The standard InChI is InChI=1S/C15H15F3N4O2/c1-14(13(19)24,21-12(23)9-22-7-3-6-20-22)10-4-2-5-11(8-10)15(16,17)18/h2-8H,9H2,1H3,(H2,19,24)(H,21,23)/t14-/m1/s1. The molecule has 3 N–H and O–H groups in total. The number of amides is 2. The molecule has 0 spiro atoms. The molecule has 0 saturated carbocycles. The largest absolute Gasteiger partial charge is 0.416 e. The van der Waals surface area contributed by atoms with Crippen molar-refractivity contribution in [2.24, 2.45) is 5.73 Å². The summed E-state index contributed by atoms with van der Waals surface area (Å²) in [5.41, 5.74) is 2.55. The van der Waals surface area contributed by atoms with Crippen LogP contribution in [0.15, 0.2) is 42.7 Å². The lowest BCUT2D eigenvalue weighted by molar-refractivity contribution is -0.138. The van der Waals surface area contributed by atoms with Crippen molar-refractivity contribution in [3.63, 3.8) is 0 Å². The van der Waals surface area contributed by atoms with E-state index in [2.05, 4.69) is 10.4 Å². The number of carbonyl (C=O) groups excluding carboxylic acids is 2. The van der Waals surface area contributed by atoms with Gasteiger partial charge < -0.3 is 11.1 Å². The Morgan fingerprint density at radius 3 is 2.46 bits per heavy atom. The Kier molecular flexibility index (Phi) is 4.63. The van der Waals surface area contributed by atoms with Crippen molar-refractivity contribution in [2.75, 3.05) is 0 Å². The molecule has 1 aromatic carbocycles. The Balaban J connectivity index is 2.30. The molecular weight excluding hydrogens is 325 g/mol. The zero-order chi connectivity index (χ0) is 18.0. The number of halogens is 3. The van der Waals surface area contributed by atoms with E-state index in [-0.39, 0.29) is 12.1 Å². The van der Waals surface area contributed by atoms with Crippen LogP contribution in [-0.2, 0) is 27.8 Å². The molecule has 1 heterocycles. The minimum atomic E-state index is -4.58. The lowest BCUT2D eigenvalue weighted by atomic mass is 9.89. The van der Waals surface area contributed by atoms with Crippen LogP contribution in [0.5, 0.6) is 0 Å². The molecule has 0 unspecified atom stereocenters. The normalized spacial score (nSPS) is 14.0. The molecule has 0 bridgehead atoms. The second-order valence-electron chi connectivity index (χ2n) is 5.32. The van der Waals surface area contributed by atoms with E-state index in [0.29, 0.717) is 0 Å². The maximum absolute atomic E-state index is 12.9. The van der Waals surface area contributed by atoms with Gasteiger partial charge in [0.1, 0.15) is 12.1 Å². The summed E-state index contributed by atoms with van der Waals surface area (Å²) in [5, 5.41) is 6.23. The molecule has 9 heteroatoms. The molecule has 2 amide bonds. The van der Waals surface area contributed by atoms with Crippen molar-refractivity contribution < 1.29 is 22.8 Å². The number of hydrogen-bond donors (Lipinski definition) is 2. The molecule has 0 aliphatic rings. The average molecular weight is 340 g/mol. The van der Waals surface area contributed by atoms with Gasteiger partial charge in [-0.25, -0.2) is 0 Å². The van der Waals surface area contributed by atoms with Crippen LogP contribution in [0.3, 0.4) is 0 Å². The zero-order valence-electron chi connectivity index (χ0n) is 12.7. The number of benzene rings is 1. The van der Waals surface area contributed by atoms with E-state index >= 15 is 0 Å². The smallest absolute Gasteiger partial charge is 0.367 e. The van der Waals surface area contributed by atoms with Crippen LogP contribution >= 0.6 is 0 Å². The molecular formula is C15H15F3N4O2. The molecule has 2 aromatic rings. The number of carbonyl (C=O) groups is 2. The Labute approximate surface area is 135 Å². The van der Waals surface area contributed by atoms with E-state index in [0.717, 1.165) is 18.2 Å². The molecule has 6 nitrogen and oxygen atoms in total. The number of rotatable bonds is 5. The van der Waals surface area contributed by atoms with Gasteiger partial charge in [-0.2, -0.15) is 18.3 Å². The second kappa shape index (κ2) is 6.34. The van der Waals surface area contributed by atoms with Crippen LogP contribution in [0.1, 0.15) is 18.1 Å². The summed E-state index contributed by atoms with van der Waals surface area (Å²) >= 11 is 0. The van der Waals surface area contributed by atoms with Gasteiger partial charge in [0.15, 0.2) is 0 Å². The van der Waals surface area contributed by atoms with Crippen molar-refractivity contribution in [3.8, 4) is 0 Å². The van der Waals surface area contributed by atoms with Gasteiger partial charge in [-0.1, -0.05) is 12.1 Å². The first kappa shape index (κ1) is 17.5. The fourth-order valence-corrected chi connectivity index (χ4v) is 2.14. The van der Waals surface area contributed by atoms with Crippen LogP contribution in [0.2, 0.25) is 0 Å². The third-order valence-electron chi connectivity index (χ3n) is 3.51. The van der Waals surface area contributed by atoms with Gasteiger partial charge >= 0.3 is 6.18 Å². The van der Waals surface area contributed by atoms with E-state index < -0.39 is 29.1 Å². The first-order chi connectivity index (χ1) is 11.1. The van der Waals surface area contributed by atoms with Crippen LogP contribution in [-0.4, -0.2) is 21.6 Å². The van der Waals surface area contributed by atoms with E-state index in [1.54, 1.807) is 6.07 Å². The van der Waals surface area contributed by atoms with E-state index in [4.69, 9.17) is 5.73 Å². The van der Waals surface area contributed by atoms with Crippen molar-refractivity contribution in [1.29, 1.82) is 0 Å². The SMILES string of the molecule is C[C@](NC(=O)Cn1cccn1)(C(N)=O)c1cccc(C(F)(F)F)c1. The second-order valence-corrected chi connectivity index (χ2v) is 5.32. The Bertz CT molecular complexity index is 743. The third-order valence-corrected chi connectivity index (χ3v) is 3.51. The van der Waals surface area contributed by atoms with Crippen molar-refractivity contribution in [3.05, 3.63) is 53.9 Å². The molecule has 0 radical (unpaired) electrons. The fraction of sp³-hybridized carbons (Fsp3) is 0.267. The van der Waals surface area contributed by atoms with Gasteiger partial charge in [0.2, 0.25) is 11.8 Å². The van der Waals surface area contributed by atoms with Gasteiger partial charge in [-0.15, -0.1) is 0 Å². The van der Waals surface area contributed by atoms with Gasteiger partial charge in [-0.05, 0) is 30.7 Å². The lowest BCUT2D eigenvalue weighted by Crippen LogP contribution is -2.53. The first-order valence-corrected chi connectivity index (χ1v) is 6.89. The van der Waals surface area contributed by atoms with Gasteiger partial charge in [0, 0.05) is 12.4 Å². The van der Waals surface area contributed by atoms with Crippen molar-refractivity contribution in [1.82, 2.24) is 15.1 Å². The van der Waals surface area contributed by atoms with Gasteiger partial charge in [0.25, 0.3) is 0 Å². The molecule has 0 fully saturated rings. The van der Waals surface area contributed by atoms with E-state index in [1.807, 2.05) is 0 Å². The summed E-state index contributed by atoms with van der Waals surface area (Å²) in [6.45, 7) is 1.06. The van der Waals surface area contributed by atoms with Crippen LogP contribution in [0.4, 0.5) is 13.2 Å². The lowest BCUT2D eigenvalue weighted by Gasteiger charge is -2.28. The average Bonchev–Trinajstić information content (AvgIpc) is 2.98. The maximum atomic E-state index is 12.9. The van der Waals surface area contributed by atoms with Crippen LogP contribution < -0.4 is 11.1 Å². The van der Waals surface area contributed by atoms with Crippen molar-refractivity contribution in [2.45, 2.75) is 25.2 Å². The fourth-order valence-electron chi connectivity index (χ4n) is 2.14. The van der Waals surface area contributed by atoms with Crippen LogP contribution in [0.25, 0.3) is 0 Å². The quantitative estimate of drug-likeness (QED) is 0.862. The number of nitrogens with two attached hydrogens (primary N) is 1.